The van der Waals surface area contributed by atoms with E-state index in [4.69, 9.17) is 9.68 Å². The Kier molecular flexibility index (Phi) is 12.3. The minimum atomic E-state index is -1.87. The zero-order chi connectivity index (χ0) is 50.5. The van der Waals surface area contributed by atoms with Crippen LogP contribution < -0.4 is 10.1 Å². The van der Waals surface area contributed by atoms with Crippen molar-refractivity contribution in [3.8, 4) is 34.4 Å². The van der Waals surface area contributed by atoms with Gasteiger partial charge in [-0.25, -0.2) is 38.3 Å². The lowest BCUT2D eigenvalue weighted by atomic mass is 10.1. The van der Waals surface area contributed by atoms with Crippen molar-refractivity contribution >= 4 is 35.4 Å². The third-order valence-corrected chi connectivity index (χ3v) is 12.3. The fourth-order valence-electron chi connectivity index (χ4n) is 8.10. The Morgan fingerprint density at radius 3 is 1.38 bits per heavy atom. The summed E-state index contributed by atoms with van der Waals surface area (Å²) in [5.74, 6) is -7.85. The van der Waals surface area contributed by atoms with E-state index in [-0.39, 0.29) is 46.8 Å². The second kappa shape index (κ2) is 18.8. The molecule has 2 aromatic carbocycles. The molecule has 6 aromatic heterocycles. The molecule has 0 N–H and O–H groups in total. The molecular formula is C50H46F2N14O6. The van der Waals surface area contributed by atoms with Crippen LogP contribution in [0, 0.1) is 25.5 Å². The predicted octanol–water partition coefficient (Wildman–Crippen LogP) is 8.09. The highest BCUT2D eigenvalue weighted by Crippen LogP contribution is 2.40. The quantitative estimate of drug-likeness (QED) is 0.0836. The van der Waals surface area contributed by atoms with Crippen molar-refractivity contribution in [2.45, 2.75) is 91.1 Å². The smallest absolute Gasteiger partial charge is 0.320 e. The third kappa shape index (κ3) is 9.20. The van der Waals surface area contributed by atoms with Crippen LogP contribution in [0.2, 0.25) is 0 Å². The number of benzene rings is 2. The Labute approximate surface area is 409 Å². The zero-order valence-electron chi connectivity index (χ0n) is 39.8. The van der Waals surface area contributed by atoms with E-state index in [2.05, 4.69) is 40.3 Å². The van der Waals surface area contributed by atoms with E-state index in [1.54, 1.807) is 69.3 Å². The SMILES string of the molecule is Cc1cc(F)c(C(=O)N(OC(=O)C(=O)ON(C(=O)c2cc(-n3cnc(C4CC4)c3)c(C)cc2F)c2cccc(-c3nncn3C(C)C)n2)c2cccc(-c3nncn3C(C)C)n2)cc1-n1cnc(C2CC2)c1. The first-order valence-corrected chi connectivity index (χ1v) is 23.2. The second-order valence-corrected chi connectivity index (χ2v) is 18.2. The molecule has 6 heterocycles. The van der Waals surface area contributed by atoms with E-state index in [1.807, 2.05) is 27.7 Å². The largest absolute Gasteiger partial charge is 0.444 e. The number of pyridine rings is 2. The van der Waals surface area contributed by atoms with Crippen LogP contribution in [-0.2, 0) is 19.3 Å². The highest BCUT2D eigenvalue weighted by molar-refractivity contribution is 6.31. The molecule has 0 spiro atoms. The Hall–Kier alpha value is -8.82. The third-order valence-electron chi connectivity index (χ3n) is 12.3. The number of imidazole rings is 2. The molecule has 2 aliphatic carbocycles. The van der Waals surface area contributed by atoms with Crippen LogP contribution in [0.15, 0.2) is 98.4 Å². The summed E-state index contributed by atoms with van der Waals surface area (Å²) in [6.45, 7) is 10.9. The van der Waals surface area contributed by atoms with Crippen LogP contribution in [0.3, 0.4) is 0 Å². The summed E-state index contributed by atoms with van der Waals surface area (Å²) in [5, 5.41) is 17.0. The second-order valence-electron chi connectivity index (χ2n) is 18.2. The van der Waals surface area contributed by atoms with Gasteiger partial charge in [0.2, 0.25) is 0 Å². The minimum absolute atomic E-state index is 0.130. The van der Waals surface area contributed by atoms with Crippen molar-refractivity contribution in [2.24, 2.45) is 0 Å². The van der Waals surface area contributed by atoms with Gasteiger partial charge < -0.3 is 27.9 Å². The summed E-state index contributed by atoms with van der Waals surface area (Å²) >= 11 is 0. The maximum absolute atomic E-state index is 16.2. The van der Waals surface area contributed by atoms with Crippen molar-refractivity contribution in [1.82, 2.24) is 58.6 Å². The van der Waals surface area contributed by atoms with Gasteiger partial charge in [-0.3, -0.25) is 9.59 Å². The van der Waals surface area contributed by atoms with Crippen molar-refractivity contribution in [1.29, 1.82) is 0 Å². The highest BCUT2D eigenvalue weighted by Gasteiger charge is 2.36. The molecule has 2 fully saturated rings. The minimum Gasteiger partial charge on any atom is -0.320 e. The van der Waals surface area contributed by atoms with E-state index in [0.29, 0.717) is 44.5 Å². The van der Waals surface area contributed by atoms with E-state index in [1.165, 1.54) is 49.1 Å². The number of nitrogens with zero attached hydrogens (tertiary/aromatic N) is 14. The van der Waals surface area contributed by atoms with Crippen molar-refractivity contribution in [3.63, 3.8) is 0 Å². The normalized spacial score (nSPS) is 13.4. The highest BCUT2D eigenvalue weighted by atomic mass is 19.1. The lowest BCUT2D eigenvalue weighted by Gasteiger charge is -2.23. The molecule has 2 saturated carbocycles. The van der Waals surface area contributed by atoms with Crippen LogP contribution in [0.5, 0.6) is 0 Å². The molecule has 0 radical (unpaired) electrons. The predicted molar refractivity (Wildman–Crippen MR) is 254 cm³/mol. The number of rotatable bonds is 12. The summed E-state index contributed by atoms with van der Waals surface area (Å²) in [7, 11) is 0. The monoisotopic (exact) mass is 976 g/mol. The van der Waals surface area contributed by atoms with Gasteiger partial charge in [0, 0.05) is 36.3 Å². The maximum atomic E-state index is 16.2. The van der Waals surface area contributed by atoms with Gasteiger partial charge in [-0.05, 0) is 127 Å². The molecule has 366 valence electrons. The summed E-state index contributed by atoms with van der Waals surface area (Å²) in [6.07, 6.45) is 13.6. The summed E-state index contributed by atoms with van der Waals surface area (Å²) in [6, 6.07) is 13.2. The number of aromatic nitrogens is 12. The number of hydroxylamine groups is 2. The first kappa shape index (κ1) is 46.9. The van der Waals surface area contributed by atoms with Crippen LogP contribution >= 0.6 is 0 Å². The van der Waals surface area contributed by atoms with Gasteiger partial charge in [-0.15, -0.1) is 30.5 Å². The van der Waals surface area contributed by atoms with Crippen molar-refractivity contribution in [3.05, 3.63) is 144 Å². The number of amides is 2. The topological polar surface area (TPSA) is 216 Å². The van der Waals surface area contributed by atoms with Crippen LogP contribution in [-0.4, -0.2) is 82.4 Å². The van der Waals surface area contributed by atoms with E-state index < -0.39 is 46.5 Å². The number of carbonyl (C=O) groups is 4. The molecular weight excluding hydrogens is 931 g/mol. The fraction of sp³-hybridized carbons (Fsp3) is 0.280. The molecule has 0 aliphatic heterocycles. The molecule has 0 unspecified atom stereocenters. The fourth-order valence-corrected chi connectivity index (χ4v) is 8.10. The maximum Gasteiger partial charge on any atom is 0.444 e. The van der Waals surface area contributed by atoms with Gasteiger partial charge in [0.15, 0.2) is 23.3 Å². The van der Waals surface area contributed by atoms with E-state index in [9.17, 15) is 19.2 Å². The van der Waals surface area contributed by atoms with E-state index in [0.717, 1.165) is 49.2 Å². The van der Waals surface area contributed by atoms with Crippen molar-refractivity contribution < 1.29 is 37.6 Å². The molecule has 2 aliphatic rings. The van der Waals surface area contributed by atoms with Gasteiger partial charge in [0.1, 0.15) is 35.7 Å². The number of anilines is 2. The average molecular weight is 977 g/mol. The van der Waals surface area contributed by atoms with E-state index >= 15 is 8.78 Å². The molecule has 20 nitrogen and oxygen atoms in total. The Bertz CT molecular complexity index is 3200. The van der Waals surface area contributed by atoms with Crippen molar-refractivity contribution in [2.75, 3.05) is 10.1 Å². The van der Waals surface area contributed by atoms with Gasteiger partial charge in [0.25, 0.3) is 11.8 Å². The molecule has 2 amide bonds. The first-order valence-electron chi connectivity index (χ1n) is 23.2. The molecule has 0 saturated heterocycles. The van der Waals surface area contributed by atoms with Gasteiger partial charge in [-0.1, -0.05) is 12.1 Å². The van der Waals surface area contributed by atoms with Gasteiger partial charge in [0.05, 0.1) is 46.5 Å². The number of halogens is 2. The number of hydrogen-bond acceptors (Lipinski definition) is 14. The average Bonchev–Trinajstić information content (AvgIpc) is 4.09. The lowest BCUT2D eigenvalue weighted by Crippen LogP contribution is -2.41. The Morgan fingerprint density at radius 1 is 0.597 bits per heavy atom. The Balaban J connectivity index is 1.02. The zero-order valence-corrected chi connectivity index (χ0v) is 39.8. The molecule has 0 bridgehead atoms. The molecule has 10 rings (SSSR count). The first-order chi connectivity index (χ1) is 34.6. The number of carbonyl (C=O) groups excluding carboxylic acids is 4. The molecule has 72 heavy (non-hydrogen) atoms. The Morgan fingerprint density at radius 2 is 1.00 bits per heavy atom. The van der Waals surface area contributed by atoms with Gasteiger partial charge in [-0.2, -0.15) is 0 Å². The molecule has 8 aromatic rings. The standard InChI is InChI=1S/C50H46F2N14O6/c1-27(2)63-25-55-59-45(63)37-9-7-11-43(57-37)65(47(67)33-19-41(29(5)17-35(33)51)61-21-39(53-23-61)31-13-14-31)71-49(69)50(70)72-66(44-12-8-10-38(58-44)46-60-56-26-64(46)28(3)4)48(68)34-20-42(30(6)18-36(34)52)62-22-40(54-24-62)32-15-16-32/h7-12,17-28,31-32H,13-16H2,1-6H3. The number of hydrogen-bond donors (Lipinski definition) is 0. The summed E-state index contributed by atoms with van der Waals surface area (Å²) in [4.78, 5) is 87.1. The van der Waals surface area contributed by atoms with Crippen LogP contribution in [0.25, 0.3) is 34.4 Å². The molecule has 22 heteroatoms. The number of aryl methyl sites for hydroxylation is 2. The lowest BCUT2D eigenvalue weighted by molar-refractivity contribution is -0.168. The summed E-state index contributed by atoms with van der Waals surface area (Å²) in [5.41, 5.74) is 2.59. The van der Waals surface area contributed by atoms with Gasteiger partial charge >= 0.3 is 11.9 Å². The summed E-state index contributed by atoms with van der Waals surface area (Å²) < 4.78 is 39.0. The van der Waals surface area contributed by atoms with Crippen LogP contribution in [0.1, 0.15) is 121 Å². The molecule has 0 atom stereocenters. The van der Waals surface area contributed by atoms with Crippen LogP contribution in [0.4, 0.5) is 20.4 Å².